The van der Waals surface area contributed by atoms with Gasteiger partial charge in [-0.3, -0.25) is 18.6 Å². The summed E-state index contributed by atoms with van der Waals surface area (Å²) < 4.78 is 26.7. The Hall–Kier alpha value is -1.52. The van der Waals surface area contributed by atoms with Crippen molar-refractivity contribution in [3.8, 4) is 0 Å². The molecule has 0 fully saturated rings. The van der Waals surface area contributed by atoms with E-state index in [1.165, 1.54) is 122 Å². The molecular weight excluding hydrogens is 697 g/mol. The first-order valence-electron chi connectivity index (χ1n) is 21.6. The Bertz CT molecular complexity index is 921. The summed E-state index contributed by atoms with van der Waals surface area (Å²) in [4.78, 5) is 45.6. The van der Waals surface area contributed by atoms with Gasteiger partial charge in [-0.1, -0.05) is 187 Å². The summed E-state index contributed by atoms with van der Waals surface area (Å²) in [5.41, 5.74) is 0. The van der Waals surface area contributed by atoms with Crippen LogP contribution >= 0.6 is 7.82 Å². The van der Waals surface area contributed by atoms with Gasteiger partial charge in [0.1, 0.15) is 12.7 Å². The maximum absolute atomic E-state index is 12.2. The van der Waals surface area contributed by atoms with E-state index in [0.29, 0.717) is 12.8 Å². The molecule has 0 aliphatic heterocycles. The average molecular weight is 778 g/mol. The molecule has 0 radical (unpaired) electrons. The second-order valence-corrected chi connectivity index (χ2v) is 16.4. The molecular formula is C41H80NO10P. The summed E-state index contributed by atoms with van der Waals surface area (Å²) in [7, 11) is -4.74. The van der Waals surface area contributed by atoms with Crippen LogP contribution in [-0.2, 0) is 32.7 Å². The molecule has 0 aliphatic carbocycles. The average Bonchev–Trinajstić information content (AvgIpc) is 3.13. The molecule has 0 aromatic rings. The molecule has 314 valence electrons. The number of phosphoric ester groups is 1. The number of amides is 1. The van der Waals surface area contributed by atoms with Crippen molar-refractivity contribution in [2.75, 3.05) is 19.8 Å². The highest BCUT2D eigenvalue weighted by Crippen LogP contribution is 2.43. The number of rotatable bonds is 41. The first kappa shape index (κ1) is 51.5. The third kappa shape index (κ3) is 37.2. The standard InChI is InChI=1S/C41H80NO10P/c1-3-5-7-9-11-12-13-14-15-16-17-18-19-20-21-22-23-24-25-27-29-31-33-40(45)50-34-37(43)35-51-53(48,49)52-36-38(41(46)47)42-39(44)32-30-28-26-10-8-6-4-2/h37-38,43H,3-36H2,1-2H3,(H,42,44)(H,46,47)(H,48,49). The van der Waals surface area contributed by atoms with Crippen molar-refractivity contribution < 1.29 is 47.8 Å². The number of ether oxygens (including phenoxy) is 1. The summed E-state index contributed by atoms with van der Waals surface area (Å²) in [5, 5.41) is 21.7. The smallest absolute Gasteiger partial charge is 0.472 e. The number of carbonyl (C=O) groups excluding carboxylic acids is 2. The molecule has 1 amide bonds. The molecule has 0 spiro atoms. The molecule has 0 saturated heterocycles. The summed E-state index contributed by atoms with van der Waals surface area (Å²) in [6.45, 7) is 2.54. The lowest BCUT2D eigenvalue weighted by molar-refractivity contribution is -0.147. The van der Waals surface area contributed by atoms with Crippen molar-refractivity contribution in [2.24, 2.45) is 0 Å². The molecule has 0 aromatic carbocycles. The second kappa shape index (κ2) is 37.4. The lowest BCUT2D eigenvalue weighted by Gasteiger charge is -2.18. The maximum Gasteiger partial charge on any atom is 0.472 e. The van der Waals surface area contributed by atoms with E-state index in [1.54, 1.807) is 0 Å². The third-order valence-electron chi connectivity index (χ3n) is 9.65. The Labute approximate surface area is 323 Å². The van der Waals surface area contributed by atoms with Gasteiger partial charge in [-0.05, 0) is 12.8 Å². The van der Waals surface area contributed by atoms with Crippen LogP contribution in [-0.4, -0.2) is 64.9 Å². The van der Waals surface area contributed by atoms with Crippen LogP contribution in [0.1, 0.15) is 213 Å². The van der Waals surface area contributed by atoms with Crippen LogP contribution in [0.25, 0.3) is 0 Å². The van der Waals surface area contributed by atoms with E-state index in [1.807, 2.05) is 0 Å². The number of aliphatic carboxylic acids is 1. The number of carboxylic acid groups (broad SMARTS) is 1. The van der Waals surface area contributed by atoms with Crippen molar-refractivity contribution in [2.45, 2.75) is 225 Å². The molecule has 3 atom stereocenters. The Morgan fingerprint density at radius 2 is 0.868 bits per heavy atom. The molecule has 0 heterocycles. The molecule has 4 N–H and O–H groups in total. The minimum absolute atomic E-state index is 0.148. The van der Waals surface area contributed by atoms with E-state index in [2.05, 4.69) is 19.2 Å². The number of aliphatic hydroxyl groups excluding tert-OH is 1. The fraction of sp³-hybridized carbons (Fsp3) is 0.927. The zero-order valence-corrected chi connectivity index (χ0v) is 34.7. The lowest BCUT2D eigenvalue weighted by atomic mass is 10.0. The minimum atomic E-state index is -4.74. The number of unbranched alkanes of at least 4 members (excludes halogenated alkanes) is 27. The zero-order chi connectivity index (χ0) is 39.3. The number of phosphoric acid groups is 1. The van der Waals surface area contributed by atoms with Gasteiger partial charge in [-0.25, -0.2) is 9.36 Å². The monoisotopic (exact) mass is 778 g/mol. The highest BCUT2D eigenvalue weighted by molar-refractivity contribution is 7.47. The van der Waals surface area contributed by atoms with Crippen LogP contribution in [0.2, 0.25) is 0 Å². The van der Waals surface area contributed by atoms with Crippen molar-refractivity contribution >= 4 is 25.7 Å². The normalized spacial score (nSPS) is 13.7. The van der Waals surface area contributed by atoms with Gasteiger partial charge in [0.05, 0.1) is 13.2 Å². The van der Waals surface area contributed by atoms with E-state index >= 15 is 0 Å². The molecule has 0 aliphatic rings. The van der Waals surface area contributed by atoms with Gasteiger partial charge in [0.25, 0.3) is 0 Å². The number of carbonyl (C=O) groups is 3. The zero-order valence-electron chi connectivity index (χ0n) is 33.8. The van der Waals surface area contributed by atoms with E-state index < -0.39 is 57.6 Å². The fourth-order valence-corrected chi connectivity index (χ4v) is 7.03. The summed E-state index contributed by atoms with van der Waals surface area (Å²) >= 11 is 0. The lowest BCUT2D eigenvalue weighted by Crippen LogP contribution is -2.43. The fourth-order valence-electron chi connectivity index (χ4n) is 6.26. The second-order valence-electron chi connectivity index (χ2n) is 14.9. The van der Waals surface area contributed by atoms with Gasteiger partial charge in [0.2, 0.25) is 5.91 Å². The molecule has 53 heavy (non-hydrogen) atoms. The predicted octanol–water partition coefficient (Wildman–Crippen LogP) is 10.7. The molecule has 11 nitrogen and oxygen atoms in total. The highest BCUT2D eigenvalue weighted by atomic mass is 31.2. The molecule has 0 aromatic heterocycles. The number of hydrogen-bond acceptors (Lipinski definition) is 8. The number of aliphatic hydroxyl groups is 1. The molecule has 12 heteroatoms. The molecule has 0 bridgehead atoms. The Morgan fingerprint density at radius 1 is 0.528 bits per heavy atom. The third-order valence-corrected chi connectivity index (χ3v) is 10.6. The Kier molecular flexibility index (Phi) is 36.3. The largest absolute Gasteiger partial charge is 0.480 e. The number of nitrogens with one attached hydrogen (secondary N) is 1. The topological polar surface area (TPSA) is 169 Å². The van der Waals surface area contributed by atoms with Gasteiger partial charge >= 0.3 is 19.8 Å². The van der Waals surface area contributed by atoms with Crippen LogP contribution in [0.15, 0.2) is 0 Å². The molecule has 0 rings (SSSR count). The van der Waals surface area contributed by atoms with Crippen LogP contribution in [0.3, 0.4) is 0 Å². The number of hydrogen-bond donors (Lipinski definition) is 4. The van der Waals surface area contributed by atoms with E-state index in [0.717, 1.165) is 51.4 Å². The number of carboxylic acids is 1. The quantitative estimate of drug-likeness (QED) is 0.0266. The first-order valence-corrected chi connectivity index (χ1v) is 23.1. The van der Waals surface area contributed by atoms with Gasteiger partial charge < -0.3 is 25.2 Å². The van der Waals surface area contributed by atoms with Crippen LogP contribution < -0.4 is 5.32 Å². The van der Waals surface area contributed by atoms with Crippen LogP contribution in [0.4, 0.5) is 0 Å². The van der Waals surface area contributed by atoms with Crippen molar-refractivity contribution in [1.82, 2.24) is 5.32 Å². The summed E-state index contributed by atoms with van der Waals surface area (Å²) in [6, 6.07) is -1.54. The van der Waals surface area contributed by atoms with Crippen molar-refractivity contribution in [1.29, 1.82) is 0 Å². The van der Waals surface area contributed by atoms with Gasteiger partial charge in [-0.15, -0.1) is 0 Å². The Balaban J connectivity index is 3.73. The van der Waals surface area contributed by atoms with Crippen LogP contribution in [0, 0.1) is 0 Å². The Morgan fingerprint density at radius 3 is 1.25 bits per heavy atom. The van der Waals surface area contributed by atoms with Crippen LogP contribution in [0.5, 0.6) is 0 Å². The molecule has 3 unspecified atom stereocenters. The predicted molar refractivity (Wildman–Crippen MR) is 213 cm³/mol. The van der Waals surface area contributed by atoms with E-state index in [9.17, 15) is 34.1 Å². The SMILES string of the molecule is CCCCCCCCCCCCCCCCCCCCCCCCC(=O)OCC(O)COP(=O)(O)OCC(NC(=O)CCCCCCCCC)C(=O)O. The van der Waals surface area contributed by atoms with Gasteiger partial charge in [0.15, 0.2) is 6.04 Å². The van der Waals surface area contributed by atoms with Crippen molar-refractivity contribution in [3.63, 3.8) is 0 Å². The van der Waals surface area contributed by atoms with E-state index in [4.69, 9.17) is 13.8 Å². The molecule has 0 saturated carbocycles. The van der Waals surface area contributed by atoms with Gasteiger partial charge in [0, 0.05) is 12.8 Å². The van der Waals surface area contributed by atoms with Gasteiger partial charge in [-0.2, -0.15) is 0 Å². The maximum atomic E-state index is 12.2. The first-order chi connectivity index (χ1) is 25.6. The summed E-state index contributed by atoms with van der Waals surface area (Å²) in [5.74, 6) is -2.37. The van der Waals surface area contributed by atoms with E-state index in [-0.39, 0.29) is 12.8 Å². The van der Waals surface area contributed by atoms with Crippen molar-refractivity contribution in [3.05, 3.63) is 0 Å². The minimum Gasteiger partial charge on any atom is -0.480 e. The highest BCUT2D eigenvalue weighted by Gasteiger charge is 2.28. The number of esters is 1. The summed E-state index contributed by atoms with van der Waals surface area (Å²) in [6.07, 6.45) is 34.6.